The number of hydrogen-bond acceptors (Lipinski definition) is 5. The molecule has 0 bridgehead atoms. The Morgan fingerprint density at radius 1 is 1.23 bits per heavy atom. The number of thioether (sulfide) groups is 1. The minimum absolute atomic E-state index is 0.0765. The monoisotopic (exact) mass is 327 g/mol. The van der Waals surface area contributed by atoms with Crippen molar-refractivity contribution in [2.24, 2.45) is 11.1 Å². The van der Waals surface area contributed by atoms with Crippen molar-refractivity contribution in [3.8, 4) is 0 Å². The Hall–Kier alpha value is -1.57. The largest absolute Gasteiger partial charge is 0.369 e. The number of imide groups is 1. The molecule has 2 fully saturated rings. The van der Waals surface area contributed by atoms with Gasteiger partial charge in [-0.3, -0.25) is 24.1 Å². The van der Waals surface area contributed by atoms with Gasteiger partial charge in [-0.05, 0) is 12.8 Å². The number of carbonyl (C=O) groups is 4. The lowest BCUT2D eigenvalue weighted by atomic mass is 9.84. The average Bonchev–Trinajstić information content (AvgIpc) is 2.99. The molecule has 8 heteroatoms. The van der Waals surface area contributed by atoms with Gasteiger partial charge < -0.3 is 11.1 Å². The number of nitrogens with two attached hydrogens (primary N) is 1. The van der Waals surface area contributed by atoms with Crippen molar-refractivity contribution in [3.63, 3.8) is 0 Å². The summed E-state index contributed by atoms with van der Waals surface area (Å²) in [5.41, 5.74) is 4.52. The van der Waals surface area contributed by atoms with E-state index in [1.807, 2.05) is 0 Å². The Morgan fingerprint density at radius 2 is 1.91 bits per heavy atom. The first-order valence-electron chi connectivity index (χ1n) is 7.42. The maximum atomic E-state index is 12.4. The van der Waals surface area contributed by atoms with E-state index in [1.165, 1.54) is 4.90 Å². The maximum absolute atomic E-state index is 12.4. The summed E-state index contributed by atoms with van der Waals surface area (Å²) in [6.07, 6.45) is 3.91. The molecule has 2 rings (SSSR count). The molecule has 0 atom stereocenters. The highest BCUT2D eigenvalue weighted by atomic mass is 32.2. The molecule has 1 aliphatic heterocycles. The molecule has 1 spiro atoms. The quantitative estimate of drug-likeness (QED) is 0.621. The molecule has 2 aliphatic rings. The first-order valence-corrected chi connectivity index (χ1v) is 8.58. The normalized spacial score (nSPS) is 19.9. The maximum Gasteiger partial charge on any atom is 0.235 e. The number of rotatable bonds is 7. The Labute approximate surface area is 133 Å². The zero-order chi connectivity index (χ0) is 16.2. The van der Waals surface area contributed by atoms with Crippen LogP contribution in [0, 0.1) is 5.41 Å². The smallest absolute Gasteiger partial charge is 0.235 e. The van der Waals surface area contributed by atoms with E-state index >= 15 is 0 Å². The molecule has 1 aliphatic carbocycles. The Morgan fingerprint density at radius 3 is 2.55 bits per heavy atom. The SMILES string of the molecule is NC(=O)CSCC(=O)NCCN1C(=O)CC2(CCCC2)C1=O. The summed E-state index contributed by atoms with van der Waals surface area (Å²) < 4.78 is 0. The van der Waals surface area contributed by atoms with Crippen LogP contribution in [0.5, 0.6) is 0 Å². The fraction of sp³-hybridized carbons (Fsp3) is 0.714. The number of amides is 4. The Balaban J connectivity index is 1.73. The van der Waals surface area contributed by atoms with Crippen LogP contribution in [-0.2, 0) is 19.2 Å². The molecular weight excluding hydrogens is 306 g/mol. The third kappa shape index (κ3) is 3.79. The fourth-order valence-electron chi connectivity index (χ4n) is 3.13. The lowest BCUT2D eigenvalue weighted by Crippen LogP contribution is -2.40. The molecular formula is C14H21N3O4S. The summed E-state index contributed by atoms with van der Waals surface area (Å²) in [4.78, 5) is 47.8. The number of hydrogen-bond donors (Lipinski definition) is 2. The summed E-state index contributed by atoms with van der Waals surface area (Å²) in [5.74, 6) is -0.682. The first-order chi connectivity index (χ1) is 10.4. The second-order valence-corrected chi connectivity index (χ2v) is 6.81. The summed E-state index contributed by atoms with van der Waals surface area (Å²) in [6.45, 7) is 0.454. The van der Waals surface area contributed by atoms with Crippen LogP contribution < -0.4 is 11.1 Å². The minimum atomic E-state index is -0.465. The van der Waals surface area contributed by atoms with Gasteiger partial charge in [0.15, 0.2) is 0 Å². The summed E-state index contributed by atoms with van der Waals surface area (Å²) in [7, 11) is 0. The molecule has 1 saturated heterocycles. The molecule has 122 valence electrons. The summed E-state index contributed by atoms with van der Waals surface area (Å²) in [6, 6.07) is 0. The zero-order valence-corrected chi connectivity index (χ0v) is 13.2. The Bertz CT molecular complexity index is 488. The summed E-state index contributed by atoms with van der Waals surface area (Å²) in [5, 5.41) is 2.65. The van der Waals surface area contributed by atoms with E-state index in [0.29, 0.717) is 6.42 Å². The molecule has 0 aromatic heterocycles. The first kappa shape index (κ1) is 16.8. The van der Waals surface area contributed by atoms with Gasteiger partial charge in [-0.2, -0.15) is 0 Å². The molecule has 22 heavy (non-hydrogen) atoms. The van der Waals surface area contributed by atoms with Crippen LogP contribution in [0.15, 0.2) is 0 Å². The lowest BCUT2D eigenvalue weighted by molar-refractivity contribution is -0.141. The van der Waals surface area contributed by atoms with E-state index < -0.39 is 11.3 Å². The number of nitrogens with zero attached hydrogens (tertiary/aromatic N) is 1. The van der Waals surface area contributed by atoms with E-state index in [-0.39, 0.29) is 42.3 Å². The van der Waals surface area contributed by atoms with E-state index in [2.05, 4.69) is 5.32 Å². The van der Waals surface area contributed by atoms with Gasteiger partial charge in [-0.1, -0.05) is 12.8 Å². The third-order valence-electron chi connectivity index (χ3n) is 4.19. The highest BCUT2D eigenvalue weighted by molar-refractivity contribution is 8.00. The van der Waals surface area contributed by atoms with Gasteiger partial charge in [0, 0.05) is 19.5 Å². The molecule has 1 heterocycles. The van der Waals surface area contributed by atoms with Crippen LogP contribution in [0.25, 0.3) is 0 Å². The van der Waals surface area contributed by atoms with Crippen LogP contribution in [0.1, 0.15) is 32.1 Å². The summed E-state index contributed by atoms with van der Waals surface area (Å²) >= 11 is 1.13. The van der Waals surface area contributed by atoms with Crippen LogP contribution in [0.2, 0.25) is 0 Å². The van der Waals surface area contributed by atoms with Gasteiger partial charge in [0.1, 0.15) is 0 Å². The van der Waals surface area contributed by atoms with Gasteiger partial charge in [-0.15, -0.1) is 11.8 Å². The van der Waals surface area contributed by atoms with Crippen LogP contribution >= 0.6 is 11.8 Å². The molecule has 0 radical (unpaired) electrons. The highest BCUT2D eigenvalue weighted by Gasteiger charge is 2.52. The number of primary amides is 1. The number of carbonyl (C=O) groups excluding carboxylic acids is 4. The average molecular weight is 327 g/mol. The highest BCUT2D eigenvalue weighted by Crippen LogP contribution is 2.46. The number of nitrogens with one attached hydrogen (secondary N) is 1. The van der Waals surface area contributed by atoms with Crippen LogP contribution in [0.4, 0.5) is 0 Å². The second kappa shape index (κ2) is 7.13. The molecule has 0 unspecified atom stereocenters. The predicted octanol–water partition coefficient (Wildman–Crippen LogP) is -0.360. The molecule has 7 nitrogen and oxygen atoms in total. The minimum Gasteiger partial charge on any atom is -0.369 e. The van der Waals surface area contributed by atoms with Crippen molar-refractivity contribution >= 4 is 35.4 Å². The van der Waals surface area contributed by atoms with Crippen LogP contribution in [-0.4, -0.2) is 53.1 Å². The predicted molar refractivity (Wildman–Crippen MR) is 81.8 cm³/mol. The third-order valence-corrected chi connectivity index (χ3v) is 5.14. The van der Waals surface area contributed by atoms with Crippen LogP contribution in [0.3, 0.4) is 0 Å². The van der Waals surface area contributed by atoms with Gasteiger partial charge >= 0.3 is 0 Å². The number of likely N-dealkylation sites (tertiary alicyclic amines) is 1. The Kier molecular flexibility index (Phi) is 5.44. The van der Waals surface area contributed by atoms with Gasteiger partial charge in [-0.25, -0.2) is 0 Å². The molecule has 0 aromatic rings. The van der Waals surface area contributed by atoms with Crippen molar-refractivity contribution in [1.29, 1.82) is 0 Å². The zero-order valence-electron chi connectivity index (χ0n) is 12.4. The fourth-order valence-corrected chi connectivity index (χ4v) is 3.72. The topological polar surface area (TPSA) is 110 Å². The van der Waals surface area contributed by atoms with Crippen molar-refractivity contribution in [3.05, 3.63) is 0 Å². The van der Waals surface area contributed by atoms with Crippen molar-refractivity contribution < 1.29 is 19.2 Å². The van der Waals surface area contributed by atoms with Gasteiger partial charge in [0.05, 0.1) is 16.9 Å². The molecule has 4 amide bonds. The van der Waals surface area contributed by atoms with E-state index in [4.69, 9.17) is 5.73 Å². The van der Waals surface area contributed by atoms with E-state index in [0.717, 1.165) is 37.4 Å². The molecule has 0 aromatic carbocycles. The van der Waals surface area contributed by atoms with Crippen molar-refractivity contribution in [1.82, 2.24) is 10.2 Å². The van der Waals surface area contributed by atoms with Gasteiger partial charge in [0.25, 0.3) is 0 Å². The molecule has 3 N–H and O–H groups in total. The standard InChI is InChI=1S/C14H21N3O4S/c15-10(18)8-22-9-11(19)16-5-6-17-12(20)7-14(13(17)21)3-1-2-4-14/h1-9H2,(H2,15,18)(H,16,19). The molecule has 1 saturated carbocycles. The van der Waals surface area contributed by atoms with Crippen molar-refractivity contribution in [2.45, 2.75) is 32.1 Å². The van der Waals surface area contributed by atoms with E-state index in [9.17, 15) is 19.2 Å². The second-order valence-electron chi connectivity index (χ2n) is 5.82. The lowest BCUT2D eigenvalue weighted by Gasteiger charge is -2.20. The van der Waals surface area contributed by atoms with Gasteiger partial charge in [0.2, 0.25) is 23.6 Å². The van der Waals surface area contributed by atoms with Crippen molar-refractivity contribution in [2.75, 3.05) is 24.6 Å². The van der Waals surface area contributed by atoms with E-state index in [1.54, 1.807) is 0 Å².